The standard InChI is InChI=1S/C14H22N4O5S/c1-16-9-12(13(19)17(2)14(16)20)24(21,22)15-5-6-18-7-10-3-4-11(8-18)23-10/h9-11,15H,3-8H2,1-2H3. The van der Waals surface area contributed by atoms with Gasteiger partial charge in [0.25, 0.3) is 5.56 Å². The van der Waals surface area contributed by atoms with Crippen molar-refractivity contribution in [2.24, 2.45) is 14.1 Å². The molecular weight excluding hydrogens is 336 g/mol. The van der Waals surface area contributed by atoms with E-state index in [4.69, 9.17) is 4.74 Å². The predicted octanol–water partition coefficient (Wildman–Crippen LogP) is -1.77. The Bertz CT molecular complexity index is 832. The molecular formula is C14H22N4O5S. The zero-order valence-corrected chi connectivity index (χ0v) is 14.6. The highest BCUT2D eigenvalue weighted by atomic mass is 32.2. The molecule has 2 unspecified atom stereocenters. The van der Waals surface area contributed by atoms with E-state index in [1.54, 1.807) is 0 Å². The third-order valence-corrected chi connectivity index (χ3v) is 5.99. The molecule has 0 spiro atoms. The van der Waals surface area contributed by atoms with Crippen LogP contribution in [0, 0.1) is 0 Å². The Morgan fingerprint density at radius 1 is 1.21 bits per heavy atom. The fraction of sp³-hybridized carbons (Fsp3) is 0.714. The number of fused-ring (bicyclic) bond motifs is 2. The molecule has 24 heavy (non-hydrogen) atoms. The first-order chi connectivity index (χ1) is 11.3. The monoisotopic (exact) mass is 358 g/mol. The van der Waals surface area contributed by atoms with Crippen molar-refractivity contribution >= 4 is 10.0 Å². The van der Waals surface area contributed by atoms with Gasteiger partial charge in [0.2, 0.25) is 10.0 Å². The molecule has 9 nitrogen and oxygen atoms in total. The second kappa shape index (κ2) is 6.43. The lowest BCUT2D eigenvalue weighted by molar-refractivity contribution is -0.0373. The lowest BCUT2D eigenvalue weighted by Gasteiger charge is -2.31. The van der Waals surface area contributed by atoms with Crippen molar-refractivity contribution in [1.82, 2.24) is 18.8 Å². The summed E-state index contributed by atoms with van der Waals surface area (Å²) in [5.41, 5.74) is -1.39. The number of rotatable bonds is 5. The molecule has 10 heteroatoms. The van der Waals surface area contributed by atoms with Gasteiger partial charge in [0.15, 0.2) is 4.90 Å². The zero-order chi connectivity index (χ0) is 17.5. The van der Waals surface area contributed by atoms with Gasteiger partial charge < -0.3 is 9.30 Å². The van der Waals surface area contributed by atoms with Gasteiger partial charge in [0.1, 0.15) is 0 Å². The quantitative estimate of drug-likeness (QED) is 0.668. The van der Waals surface area contributed by atoms with E-state index in [-0.39, 0.29) is 18.8 Å². The summed E-state index contributed by atoms with van der Waals surface area (Å²) >= 11 is 0. The summed E-state index contributed by atoms with van der Waals surface area (Å²) in [5, 5.41) is 0. The van der Waals surface area contributed by atoms with Crippen LogP contribution in [0.4, 0.5) is 0 Å². The maximum Gasteiger partial charge on any atom is 0.330 e. The van der Waals surface area contributed by atoms with Crippen molar-refractivity contribution in [1.29, 1.82) is 0 Å². The van der Waals surface area contributed by atoms with Gasteiger partial charge in [-0.25, -0.2) is 17.9 Å². The molecule has 0 saturated carbocycles. The summed E-state index contributed by atoms with van der Waals surface area (Å²) in [6.45, 7) is 2.37. The van der Waals surface area contributed by atoms with E-state index in [1.807, 2.05) is 0 Å². The van der Waals surface area contributed by atoms with Crippen LogP contribution in [0.15, 0.2) is 20.7 Å². The molecule has 2 fully saturated rings. The Hall–Kier alpha value is -1.49. The van der Waals surface area contributed by atoms with Gasteiger partial charge in [-0.3, -0.25) is 14.3 Å². The first kappa shape index (κ1) is 17.3. The third-order valence-electron chi connectivity index (χ3n) is 4.54. The summed E-state index contributed by atoms with van der Waals surface area (Å²) in [4.78, 5) is 25.5. The van der Waals surface area contributed by atoms with E-state index in [0.717, 1.165) is 41.3 Å². The van der Waals surface area contributed by atoms with Crippen molar-refractivity contribution in [2.45, 2.75) is 29.9 Å². The molecule has 2 aliphatic rings. The van der Waals surface area contributed by atoms with Crippen LogP contribution in [-0.2, 0) is 28.9 Å². The number of hydrogen-bond acceptors (Lipinski definition) is 6. The highest BCUT2D eigenvalue weighted by Gasteiger charge is 2.33. The third kappa shape index (κ3) is 3.32. The Morgan fingerprint density at radius 2 is 1.83 bits per heavy atom. The number of nitrogens with one attached hydrogen (secondary N) is 1. The molecule has 2 atom stereocenters. The van der Waals surface area contributed by atoms with E-state index in [0.29, 0.717) is 6.54 Å². The van der Waals surface area contributed by atoms with Crippen LogP contribution in [0.5, 0.6) is 0 Å². The molecule has 0 aliphatic carbocycles. The number of hydrogen-bond donors (Lipinski definition) is 1. The summed E-state index contributed by atoms with van der Waals surface area (Å²) in [7, 11) is -1.30. The summed E-state index contributed by atoms with van der Waals surface area (Å²) in [6, 6.07) is 0. The molecule has 3 rings (SSSR count). The zero-order valence-electron chi connectivity index (χ0n) is 13.8. The van der Waals surface area contributed by atoms with Crippen LogP contribution in [0.2, 0.25) is 0 Å². The average molecular weight is 358 g/mol. The molecule has 2 bridgehead atoms. The van der Waals surface area contributed by atoms with E-state index < -0.39 is 26.2 Å². The van der Waals surface area contributed by atoms with E-state index in [2.05, 4.69) is 9.62 Å². The van der Waals surface area contributed by atoms with Crippen LogP contribution in [0.3, 0.4) is 0 Å². The molecule has 0 radical (unpaired) electrons. The average Bonchev–Trinajstić information content (AvgIpc) is 2.87. The summed E-state index contributed by atoms with van der Waals surface area (Å²) in [5.74, 6) is 0. The molecule has 134 valence electrons. The SMILES string of the molecule is Cn1cc(S(=O)(=O)NCCN2CC3CCC(C2)O3)c(=O)n(C)c1=O. The molecule has 0 aromatic carbocycles. The normalized spacial score (nSPS) is 24.4. The van der Waals surface area contributed by atoms with Crippen molar-refractivity contribution < 1.29 is 13.2 Å². The molecule has 1 N–H and O–H groups in total. The smallest absolute Gasteiger partial charge is 0.330 e. The van der Waals surface area contributed by atoms with E-state index >= 15 is 0 Å². The Balaban J connectivity index is 1.67. The number of sulfonamides is 1. The lowest BCUT2D eigenvalue weighted by atomic mass is 10.2. The van der Waals surface area contributed by atoms with Gasteiger partial charge in [-0.2, -0.15) is 0 Å². The van der Waals surface area contributed by atoms with Crippen molar-refractivity contribution in [3.63, 3.8) is 0 Å². The minimum absolute atomic E-state index is 0.202. The van der Waals surface area contributed by atoms with Crippen LogP contribution in [-0.4, -0.2) is 60.8 Å². The molecule has 0 amide bonds. The summed E-state index contributed by atoms with van der Waals surface area (Å²) in [6.07, 6.45) is 3.66. The number of aryl methyl sites for hydroxylation is 1. The van der Waals surface area contributed by atoms with Gasteiger partial charge in [-0.05, 0) is 12.8 Å². The number of likely N-dealkylation sites (tertiary alicyclic amines) is 1. The summed E-state index contributed by atoms with van der Waals surface area (Å²) < 4.78 is 34.8. The molecule has 1 aromatic heterocycles. The van der Waals surface area contributed by atoms with Gasteiger partial charge in [0, 0.05) is 46.5 Å². The minimum Gasteiger partial charge on any atom is -0.372 e. The first-order valence-corrected chi connectivity index (χ1v) is 9.40. The van der Waals surface area contributed by atoms with E-state index in [1.165, 1.54) is 14.1 Å². The molecule has 2 saturated heterocycles. The fourth-order valence-corrected chi connectivity index (χ4v) is 4.44. The first-order valence-electron chi connectivity index (χ1n) is 7.92. The largest absolute Gasteiger partial charge is 0.372 e. The second-order valence-corrected chi connectivity index (χ2v) is 8.10. The van der Waals surface area contributed by atoms with Crippen molar-refractivity contribution in [3.8, 4) is 0 Å². The van der Waals surface area contributed by atoms with Crippen LogP contribution in [0.25, 0.3) is 0 Å². The van der Waals surface area contributed by atoms with Crippen LogP contribution in [0.1, 0.15) is 12.8 Å². The van der Waals surface area contributed by atoms with Gasteiger partial charge in [0.05, 0.1) is 12.2 Å². The Kier molecular flexibility index (Phi) is 4.65. The highest BCUT2D eigenvalue weighted by Crippen LogP contribution is 2.25. The van der Waals surface area contributed by atoms with E-state index in [9.17, 15) is 18.0 Å². The Morgan fingerprint density at radius 3 is 2.46 bits per heavy atom. The van der Waals surface area contributed by atoms with Crippen LogP contribution < -0.4 is 16.0 Å². The topological polar surface area (TPSA) is 103 Å². The van der Waals surface area contributed by atoms with Gasteiger partial charge in [-0.1, -0.05) is 0 Å². The lowest BCUT2D eigenvalue weighted by Crippen LogP contribution is -2.46. The fourth-order valence-electron chi connectivity index (χ4n) is 3.26. The predicted molar refractivity (Wildman–Crippen MR) is 86.4 cm³/mol. The minimum atomic E-state index is -3.97. The molecule has 1 aromatic rings. The number of aromatic nitrogens is 2. The molecule has 3 heterocycles. The van der Waals surface area contributed by atoms with Gasteiger partial charge in [-0.15, -0.1) is 0 Å². The maximum atomic E-state index is 12.4. The molecule has 2 aliphatic heterocycles. The van der Waals surface area contributed by atoms with Gasteiger partial charge >= 0.3 is 5.69 Å². The number of nitrogens with zero attached hydrogens (tertiary/aromatic N) is 3. The van der Waals surface area contributed by atoms with Crippen LogP contribution >= 0.6 is 0 Å². The Labute approximate surface area is 139 Å². The van der Waals surface area contributed by atoms with Crippen molar-refractivity contribution in [2.75, 3.05) is 26.2 Å². The van der Waals surface area contributed by atoms with Crippen molar-refractivity contribution in [3.05, 3.63) is 27.0 Å². The highest BCUT2D eigenvalue weighted by molar-refractivity contribution is 7.89. The maximum absolute atomic E-state index is 12.4. The number of morpholine rings is 1. The second-order valence-electron chi connectivity index (χ2n) is 6.37. The number of ether oxygens (including phenoxy) is 1.